The normalized spacial score (nSPS) is 16.2. The van der Waals surface area contributed by atoms with E-state index >= 15 is 0 Å². The molecule has 0 unspecified atom stereocenters. The molecule has 0 radical (unpaired) electrons. The van der Waals surface area contributed by atoms with Crippen LogP contribution in [0.3, 0.4) is 0 Å². The molecular formula is C30H41FN8O4. The third-order valence-corrected chi connectivity index (χ3v) is 6.37. The minimum Gasteiger partial charge on any atom is -0.481 e. The number of rotatable bonds is 15. The molecule has 2 atom stereocenters. The van der Waals surface area contributed by atoms with Crippen LogP contribution >= 0.6 is 0 Å². The van der Waals surface area contributed by atoms with Gasteiger partial charge in [-0.25, -0.2) is 14.4 Å². The van der Waals surface area contributed by atoms with E-state index in [2.05, 4.69) is 42.7 Å². The standard InChI is InChI=1S/C30H41FN8O4/c1-38(2)16-8-11-27(40)39-21-23(31)18-25(39)29(41)34-13-7-5-6-10-22-20-35-30(37-28(22)33-14-9-17-42-3)36-24-12-15-32-26(19-24)43-4/h8,11-12,15,19-20,23,25H,5,7,9,13-14,16-18,21H2,1-4H3,(H,34,41)(H2,32,33,35,36,37)/b11-8+/t23-,25-/m0/s1. The minimum absolute atomic E-state index is 0.00137. The number of unbranched alkanes of at least 4 members (excludes halogenated alkanes) is 1. The van der Waals surface area contributed by atoms with Gasteiger partial charge in [-0.05, 0) is 33.0 Å². The van der Waals surface area contributed by atoms with Crippen LogP contribution in [0.1, 0.15) is 31.2 Å². The molecule has 2 amide bonds. The molecule has 13 heteroatoms. The van der Waals surface area contributed by atoms with Crippen molar-refractivity contribution >= 4 is 29.3 Å². The number of methoxy groups -OCH3 is 2. The molecule has 43 heavy (non-hydrogen) atoms. The highest BCUT2D eigenvalue weighted by atomic mass is 19.1. The monoisotopic (exact) mass is 596 g/mol. The minimum atomic E-state index is -1.22. The Morgan fingerprint density at radius 1 is 1.23 bits per heavy atom. The van der Waals surface area contributed by atoms with Gasteiger partial charge in [0.2, 0.25) is 23.6 Å². The molecule has 0 aliphatic carbocycles. The highest BCUT2D eigenvalue weighted by Gasteiger charge is 2.38. The van der Waals surface area contributed by atoms with Gasteiger partial charge < -0.3 is 35.2 Å². The fourth-order valence-corrected chi connectivity index (χ4v) is 4.22. The van der Waals surface area contributed by atoms with Crippen LogP contribution < -0.4 is 20.7 Å². The van der Waals surface area contributed by atoms with Crippen LogP contribution in [0.5, 0.6) is 5.88 Å². The van der Waals surface area contributed by atoms with Crippen LogP contribution in [0.2, 0.25) is 0 Å². The molecule has 12 nitrogen and oxygen atoms in total. The zero-order valence-electron chi connectivity index (χ0n) is 25.2. The highest BCUT2D eigenvalue weighted by molar-refractivity contribution is 5.93. The van der Waals surface area contributed by atoms with Gasteiger partial charge in [-0.15, -0.1) is 0 Å². The zero-order valence-corrected chi connectivity index (χ0v) is 25.2. The van der Waals surface area contributed by atoms with Crippen LogP contribution in [-0.4, -0.2) is 110 Å². The average Bonchev–Trinajstić information content (AvgIpc) is 3.39. The van der Waals surface area contributed by atoms with Crippen molar-refractivity contribution in [2.45, 2.75) is 37.9 Å². The number of halogens is 1. The first-order valence-electron chi connectivity index (χ1n) is 14.2. The highest BCUT2D eigenvalue weighted by Crippen LogP contribution is 2.22. The van der Waals surface area contributed by atoms with Crippen LogP contribution in [-0.2, 0) is 14.3 Å². The Labute approximate surface area is 252 Å². The van der Waals surface area contributed by atoms with E-state index in [0.29, 0.717) is 62.3 Å². The third kappa shape index (κ3) is 11.1. The van der Waals surface area contributed by atoms with Crippen molar-refractivity contribution in [2.75, 3.05) is 71.7 Å². The number of carbonyl (C=O) groups excluding carboxylic acids is 2. The molecular weight excluding hydrogens is 555 g/mol. The summed E-state index contributed by atoms with van der Waals surface area (Å²) in [7, 11) is 6.97. The molecule has 3 heterocycles. The maximum absolute atomic E-state index is 14.1. The molecule has 0 saturated carbocycles. The molecule has 232 valence electrons. The lowest BCUT2D eigenvalue weighted by Crippen LogP contribution is -2.45. The maximum Gasteiger partial charge on any atom is 0.247 e. The van der Waals surface area contributed by atoms with E-state index in [-0.39, 0.29) is 24.8 Å². The van der Waals surface area contributed by atoms with Gasteiger partial charge in [0, 0.05) is 70.2 Å². The van der Waals surface area contributed by atoms with Crippen molar-refractivity contribution in [1.29, 1.82) is 0 Å². The van der Waals surface area contributed by atoms with Crippen molar-refractivity contribution in [3.63, 3.8) is 0 Å². The number of alkyl halides is 1. The third-order valence-electron chi connectivity index (χ3n) is 6.37. The Hall–Kier alpha value is -4.28. The Morgan fingerprint density at radius 2 is 2.07 bits per heavy atom. The van der Waals surface area contributed by atoms with E-state index in [1.807, 2.05) is 19.0 Å². The van der Waals surface area contributed by atoms with E-state index in [1.165, 1.54) is 11.0 Å². The van der Waals surface area contributed by atoms with Gasteiger partial charge in [-0.2, -0.15) is 4.98 Å². The molecule has 1 aliphatic heterocycles. The van der Waals surface area contributed by atoms with Gasteiger partial charge in [-0.3, -0.25) is 9.59 Å². The smallest absolute Gasteiger partial charge is 0.247 e. The molecule has 1 aliphatic rings. The second kappa shape index (κ2) is 17.6. The number of hydrogen-bond donors (Lipinski definition) is 3. The summed E-state index contributed by atoms with van der Waals surface area (Å²) in [5.41, 5.74) is 1.36. The van der Waals surface area contributed by atoms with Crippen molar-refractivity contribution in [3.05, 3.63) is 42.2 Å². The molecule has 2 aromatic rings. The second-order valence-electron chi connectivity index (χ2n) is 10.1. The predicted molar refractivity (Wildman–Crippen MR) is 163 cm³/mol. The van der Waals surface area contributed by atoms with Crippen LogP contribution in [0.25, 0.3) is 0 Å². The number of aromatic nitrogens is 3. The summed E-state index contributed by atoms with van der Waals surface area (Å²) in [6.45, 7) is 2.11. The number of hydrogen-bond acceptors (Lipinski definition) is 10. The SMILES string of the molecule is COCCCNc1nc(Nc2ccnc(OC)c2)ncc1C#CCCCNC(=O)[C@@H]1C[C@H](F)CN1C(=O)/C=C/CN(C)C. The van der Waals surface area contributed by atoms with Gasteiger partial charge in [0.15, 0.2) is 0 Å². The second-order valence-corrected chi connectivity index (χ2v) is 10.1. The summed E-state index contributed by atoms with van der Waals surface area (Å²) in [5, 5.41) is 9.26. The van der Waals surface area contributed by atoms with Crippen LogP contribution in [0.4, 0.5) is 21.8 Å². The number of likely N-dealkylation sites (N-methyl/N-ethyl adjacent to an activating group) is 1. The van der Waals surface area contributed by atoms with E-state index in [9.17, 15) is 14.0 Å². The summed E-state index contributed by atoms with van der Waals surface area (Å²) in [6, 6.07) is 2.70. The molecule has 1 saturated heterocycles. The topological polar surface area (TPSA) is 134 Å². The maximum atomic E-state index is 14.1. The largest absolute Gasteiger partial charge is 0.481 e. The number of carbonyl (C=O) groups is 2. The lowest BCUT2D eigenvalue weighted by Gasteiger charge is -2.22. The first-order valence-corrected chi connectivity index (χ1v) is 14.2. The average molecular weight is 597 g/mol. The summed E-state index contributed by atoms with van der Waals surface area (Å²) < 4.78 is 24.4. The first-order chi connectivity index (χ1) is 20.8. The van der Waals surface area contributed by atoms with E-state index in [4.69, 9.17) is 9.47 Å². The van der Waals surface area contributed by atoms with Gasteiger partial charge in [-0.1, -0.05) is 17.9 Å². The molecule has 1 fully saturated rings. The van der Waals surface area contributed by atoms with Gasteiger partial charge in [0.1, 0.15) is 18.0 Å². The van der Waals surface area contributed by atoms with Crippen molar-refractivity contribution in [2.24, 2.45) is 0 Å². The van der Waals surface area contributed by atoms with Gasteiger partial charge in [0.25, 0.3) is 0 Å². The zero-order chi connectivity index (χ0) is 31.0. The lowest BCUT2D eigenvalue weighted by atomic mass is 10.2. The number of anilines is 3. The Balaban J connectivity index is 1.55. The number of nitrogens with one attached hydrogen (secondary N) is 3. The fourth-order valence-electron chi connectivity index (χ4n) is 4.22. The van der Waals surface area contributed by atoms with E-state index in [0.717, 1.165) is 12.1 Å². The van der Waals surface area contributed by atoms with Gasteiger partial charge in [0.05, 0.1) is 25.4 Å². The Kier molecular flexibility index (Phi) is 13.6. The summed E-state index contributed by atoms with van der Waals surface area (Å²) >= 11 is 0. The fraction of sp³-hybridized carbons (Fsp3) is 0.500. The van der Waals surface area contributed by atoms with Crippen molar-refractivity contribution in [3.8, 4) is 17.7 Å². The van der Waals surface area contributed by atoms with Crippen molar-refractivity contribution < 1.29 is 23.5 Å². The number of nitrogens with zero attached hydrogens (tertiary/aromatic N) is 5. The number of ether oxygens (including phenoxy) is 2. The Bertz CT molecular complexity index is 1300. The number of amides is 2. The molecule has 0 bridgehead atoms. The predicted octanol–water partition coefficient (Wildman–Crippen LogP) is 2.38. The van der Waals surface area contributed by atoms with Crippen molar-refractivity contribution in [1.82, 2.24) is 30.1 Å². The van der Waals surface area contributed by atoms with Gasteiger partial charge >= 0.3 is 0 Å². The number of likely N-dealkylation sites (tertiary alicyclic amines) is 1. The first kappa shape index (κ1) is 33.2. The van der Waals surface area contributed by atoms with E-state index in [1.54, 1.807) is 44.8 Å². The summed E-state index contributed by atoms with van der Waals surface area (Å²) in [5.74, 6) is 6.95. The van der Waals surface area contributed by atoms with E-state index < -0.39 is 12.2 Å². The summed E-state index contributed by atoms with van der Waals surface area (Å²) in [6.07, 6.45) is 7.03. The molecule has 3 N–H and O–H groups in total. The quantitative estimate of drug-likeness (QED) is 0.160. The lowest BCUT2D eigenvalue weighted by molar-refractivity contribution is -0.135. The molecule has 0 aromatic carbocycles. The molecule has 3 rings (SSSR count). The van der Waals surface area contributed by atoms with Crippen LogP contribution in [0.15, 0.2) is 36.7 Å². The summed E-state index contributed by atoms with van der Waals surface area (Å²) in [4.78, 5) is 41.6. The molecule has 0 spiro atoms. The Morgan fingerprint density at radius 3 is 2.84 bits per heavy atom. The molecule has 2 aromatic heterocycles. The van der Waals surface area contributed by atoms with Crippen LogP contribution in [0, 0.1) is 11.8 Å². The number of pyridine rings is 1.